The lowest BCUT2D eigenvalue weighted by molar-refractivity contribution is -0.0300. The van der Waals surface area contributed by atoms with E-state index in [2.05, 4.69) is 41.3 Å². The van der Waals surface area contributed by atoms with Crippen LogP contribution in [0.5, 0.6) is 11.5 Å². The molecule has 8 heteroatoms. The van der Waals surface area contributed by atoms with Crippen LogP contribution < -0.4 is 9.47 Å². The van der Waals surface area contributed by atoms with Gasteiger partial charge in [-0.25, -0.2) is 4.79 Å². The summed E-state index contributed by atoms with van der Waals surface area (Å²) in [5.74, 6) is 1.58. The molecule has 0 N–H and O–H groups in total. The van der Waals surface area contributed by atoms with Crippen LogP contribution in [-0.2, 0) is 27.2 Å². The van der Waals surface area contributed by atoms with Gasteiger partial charge in [0.1, 0.15) is 24.7 Å². The molecule has 44 heavy (non-hydrogen) atoms. The minimum absolute atomic E-state index is 0.152. The first kappa shape index (κ1) is 30.4. The van der Waals surface area contributed by atoms with E-state index in [-0.39, 0.29) is 17.6 Å². The number of carbonyl (C=O) groups excluding carboxylic acids is 1. The van der Waals surface area contributed by atoms with Gasteiger partial charge in [0.15, 0.2) is 0 Å². The molecule has 3 aromatic carbocycles. The standard InChI is InChI=1S/C36H44N2O6/c1-40-22-23-41-24-25-42-31-10-6-28(7-11-31)26-43-32-12-8-30(9-13-32)34-33-5-3-2-4-29(33)14-18-38(34)35(39)44-27-36-15-19-37(20-16-36)21-17-36/h2-13,34H,14-27H2,1H3/t34-/m0/s1. The van der Waals surface area contributed by atoms with Crippen LogP contribution in [0.3, 0.4) is 0 Å². The summed E-state index contributed by atoms with van der Waals surface area (Å²) in [6.07, 6.45) is 3.98. The Balaban J connectivity index is 1.06. The predicted molar refractivity (Wildman–Crippen MR) is 168 cm³/mol. The summed E-state index contributed by atoms with van der Waals surface area (Å²) < 4.78 is 28.3. The van der Waals surface area contributed by atoms with Gasteiger partial charge in [-0.2, -0.15) is 0 Å². The second kappa shape index (κ2) is 14.5. The summed E-state index contributed by atoms with van der Waals surface area (Å²) in [7, 11) is 1.66. The monoisotopic (exact) mass is 600 g/mol. The normalized spacial score (nSPS) is 22.3. The maximum Gasteiger partial charge on any atom is 0.410 e. The Bertz CT molecular complexity index is 1340. The second-order valence-corrected chi connectivity index (χ2v) is 12.1. The lowest BCUT2D eigenvalue weighted by Gasteiger charge is -2.48. The molecule has 1 atom stereocenters. The number of amides is 1. The fraction of sp³-hybridized carbons (Fsp3) is 0.472. The smallest absolute Gasteiger partial charge is 0.410 e. The molecule has 0 radical (unpaired) electrons. The minimum Gasteiger partial charge on any atom is -0.491 e. The molecule has 0 saturated carbocycles. The van der Waals surface area contributed by atoms with E-state index in [1.165, 1.54) is 5.56 Å². The Kier molecular flexibility index (Phi) is 10.0. The molecular formula is C36H44N2O6. The summed E-state index contributed by atoms with van der Waals surface area (Å²) in [5.41, 5.74) is 4.71. The molecule has 7 rings (SSSR count). The lowest BCUT2D eigenvalue weighted by Crippen LogP contribution is -2.51. The molecule has 4 aliphatic heterocycles. The molecule has 1 amide bonds. The van der Waals surface area contributed by atoms with Crippen LogP contribution in [0.4, 0.5) is 4.79 Å². The number of hydrogen-bond donors (Lipinski definition) is 0. The van der Waals surface area contributed by atoms with Crippen LogP contribution in [0.2, 0.25) is 0 Å². The molecule has 0 aliphatic carbocycles. The quantitative estimate of drug-likeness (QED) is 0.227. The Labute approximate surface area is 260 Å². The van der Waals surface area contributed by atoms with Gasteiger partial charge in [0, 0.05) is 19.1 Å². The molecule has 3 saturated heterocycles. The van der Waals surface area contributed by atoms with Crippen molar-refractivity contribution in [1.29, 1.82) is 0 Å². The van der Waals surface area contributed by atoms with Crippen LogP contribution >= 0.6 is 0 Å². The number of fused-ring (bicyclic) bond motifs is 4. The van der Waals surface area contributed by atoms with E-state index in [9.17, 15) is 4.79 Å². The minimum atomic E-state index is -0.210. The van der Waals surface area contributed by atoms with Gasteiger partial charge >= 0.3 is 6.09 Å². The van der Waals surface area contributed by atoms with Crippen molar-refractivity contribution >= 4 is 6.09 Å². The maximum atomic E-state index is 13.6. The van der Waals surface area contributed by atoms with Crippen LogP contribution in [0.15, 0.2) is 72.8 Å². The van der Waals surface area contributed by atoms with Crippen molar-refractivity contribution in [2.24, 2.45) is 5.41 Å². The third-order valence-electron chi connectivity index (χ3n) is 9.35. The molecule has 0 aromatic heterocycles. The van der Waals surface area contributed by atoms with Crippen LogP contribution in [-0.4, -0.2) is 82.2 Å². The molecule has 4 aliphatic rings. The highest BCUT2D eigenvalue weighted by molar-refractivity contribution is 5.70. The van der Waals surface area contributed by atoms with Crippen molar-refractivity contribution in [3.05, 3.63) is 95.1 Å². The highest BCUT2D eigenvalue weighted by atomic mass is 16.6. The van der Waals surface area contributed by atoms with Crippen molar-refractivity contribution in [3.63, 3.8) is 0 Å². The first-order chi connectivity index (χ1) is 21.6. The van der Waals surface area contributed by atoms with Gasteiger partial charge in [0.05, 0.1) is 32.5 Å². The fourth-order valence-corrected chi connectivity index (χ4v) is 6.59. The molecule has 0 unspecified atom stereocenters. The first-order valence-electron chi connectivity index (χ1n) is 15.9. The van der Waals surface area contributed by atoms with Crippen molar-refractivity contribution in [1.82, 2.24) is 9.80 Å². The zero-order valence-electron chi connectivity index (χ0n) is 25.7. The highest BCUT2D eigenvalue weighted by Crippen LogP contribution is 2.41. The number of hydrogen-bond acceptors (Lipinski definition) is 7. The largest absolute Gasteiger partial charge is 0.491 e. The molecule has 3 aromatic rings. The Morgan fingerprint density at radius 1 is 0.795 bits per heavy atom. The molecule has 3 fully saturated rings. The fourth-order valence-electron chi connectivity index (χ4n) is 6.59. The lowest BCUT2D eigenvalue weighted by atomic mass is 9.73. The highest BCUT2D eigenvalue weighted by Gasteiger charge is 2.41. The zero-order chi connectivity index (χ0) is 30.2. The summed E-state index contributed by atoms with van der Waals surface area (Å²) in [4.78, 5) is 18.1. The number of ether oxygens (including phenoxy) is 5. The topological polar surface area (TPSA) is 69.7 Å². The van der Waals surface area contributed by atoms with Crippen molar-refractivity contribution in [3.8, 4) is 11.5 Å². The molecular weight excluding hydrogens is 556 g/mol. The van der Waals surface area contributed by atoms with E-state index >= 15 is 0 Å². The van der Waals surface area contributed by atoms with Gasteiger partial charge in [-0.05, 0) is 91.8 Å². The number of methoxy groups -OCH3 is 1. The van der Waals surface area contributed by atoms with Gasteiger partial charge in [-0.1, -0.05) is 48.5 Å². The average molecular weight is 601 g/mol. The number of carbonyl (C=O) groups is 1. The van der Waals surface area contributed by atoms with Crippen molar-refractivity contribution in [2.75, 3.05) is 66.3 Å². The first-order valence-corrected chi connectivity index (χ1v) is 15.9. The van der Waals surface area contributed by atoms with Crippen molar-refractivity contribution in [2.45, 2.75) is 38.3 Å². The van der Waals surface area contributed by atoms with Gasteiger partial charge in [-0.3, -0.25) is 4.90 Å². The second-order valence-electron chi connectivity index (χ2n) is 12.1. The van der Waals surface area contributed by atoms with E-state index in [4.69, 9.17) is 23.7 Å². The predicted octanol–water partition coefficient (Wildman–Crippen LogP) is 5.88. The van der Waals surface area contributed by atoms with E-state index in [1.54, 1.807) is 7.11 Å². The Hall–Kier alpha value is -3.59. The molecule has 234 valence electrons. The van der Waals surface area contributed by atoms with Gasteiger partial charge < -0.3 is 28.6 Å². The van der Waals surface area contributed by atoms with Crippen molar-refractivity contribution < 1.29 is 28.5 Å². The summed E-state index contributed by atoms with van der Waals surface area (Å²) in [5, 5.41) is 0. The summed E-state index contributed by atoms with van der Waals surface area (Å²) in [6.45, 7) is 7.14. The van der Waals surface area contributed by atoms with Crippen LogP contribution in [0.1, 0.15) is 47.6 Å². The zero-order valence-corrected chi connectivity index (χ0v) is 25.7. The number of rotatable bonds is 13. The Morgan fingerprint density at radius 3 is 2.23 bits per heavy atom. The number of benzene rings is 3. The van der Waals surface area contributed by atoms with E-state index in [0.29, 0.717) is 46.2 Å². The average Bonchev–Trinajstić information content (AvgIpc) is 3.09. The third kappa shape index (κ3) is 7.37. The van der Waals surface area contributed by atoms with E-state index < -0.39 is 0 Å². The van der Waals surface area contributed by atoms with Gasteiger partial charge in [0.25, 0.3) is 0 Å². The summed E-state index contributed by atoms with van der Waals surface area (Å²) >= 11 is 0. The van der Waals surface area contributed by atoms with Gasteiger partial charge in [0.2, 0.25) is 0 Å². The molecule has 4 heterocycles. The van der Waals surface area contributed by atoms with E-state index in [0.717, 1.165) is 73.5 Å². The van der Waals surface area contributed by atoms with Gasteiger partial charge in [-0.15, -0.1) is 0 Å². The SMILES string of the molecule is COCCOCCOc1ccc(COc2ccc([C@H]3c4ccccc4CCN3C(=O)OCC34CCN(CC3)CC4)cc2)cc1. The van der Waals surface area contributed by atoms with E-state index in [1.807, 2.05) is 41.3 Å². The third-order valence-corrected chi connectivity index (χ3v) is 9.35. The van der Waals surface area contributed by atoms with Crippen LogP contribution in [0, 0.1) is 5.41 Å². The summed E-state index contributed by atoms with van der Waals surface area (Å²) in [6, 6.07) is 24.3. The number of nitrogens with zero attached hydrogens (tertiary/aromatic N) is 2. The van der Waals surface area contributed by atoms with Crippen LogP contribution in [0.25, 0.3) is 0 Å². The number of piperidine rings is 3. The Morgan fingerprint density at radius 2 is 1.48 bits per heavy atom. The maximum absolute atomic E-state index is 13.6. The molecule has 8 nitrogen and oxygen atoms in total. The molecule has 2 bridgehead atoms. The molecule has 0 spiro atoms.